The van der Waals surface area contributed by atoms with Crippen molar-refractivity contribution in [3.05, 3.63) is 39.6 Å². The molecule has 0 unspecified atom stereocenters. The smallest absolute Gasteiger partial charge is 0.384 e. The summed E-state index contributed by atoms with van der Waals surface area (Å²) in [6.07, 6.45) is -4.42. The number of hydrogen-bond acceptors (Lipinski definition) is 4. The van der Waals surface area contributed by atoms with E-state index in [0.29, 0.717) is 6.54 Å². The van der Waals surface area contributed by atoms with Crippen LogP contribution in [0.15, 0.2) is 22.9 Å². The van der Waals surface area contributed by atoms with Gasteiger partial charge in [0.2, 0.25) is 0 Å². The number of aryl methyl sites for hydroxylation is 1. The van der Waals surface area contributed by atoms with Crippen molar-refractivity contribution < 1.29 is 13.2 Å². The van der Waals surface area contributed by atoms with E-state index in [0.717, 1.165) is 23.3 Å². The molecule has 0 saturated heterocycles. The summed E-state index contributed by atoms with van der Waals surface area (Å²) in [5, 5.41) is 6.78. The predicted molar refractivity (Wildman–Crippen MR) is 70.0 cm³/mol. The van der Waals surface area contributed by atoms with Crippen LogP contribution in [-0.4, -0.2) is 4.98 Å². The van der Waals surface area contributed by atoms with Gasteiger partial charge in [-0.1, -0.05) is 0 Å². The fourth-order valence-electron chi connectivity index (χ4n) is 1.56. The fourth-order valence-corrected chi connectivity index (χ4v) is 2.42. The van der Waals surface area contributed by atoms with Gasteiger partial charge in [0.1, 0.15) is 11.6 Å². The van der Waals surface area contributed by atoms with Crippen molar-refractivity contribution in [2.45, 2.75) is 19.6 Å². The lowest BCUT2D eigenvalue weighted by molar-refractivity contribution is -0.137. The largest absolute Gasteiger partial charge is 0.416 e. The molecule has 19 heavy (non-hydrogen) atoms. The summed E-state index contributed by atoms with van der Waals surface area (Å²) in [7, 11) is 0. The minimum absolute atomic E-state index is 0.123. The van der Waals surface area contributed by atoms with Gasteiger partial charge >= 0.3 is 6.18 Å². The van der Waals surface area contributed by atoms with Crippen molar-refractivity contribution >= 4 is 23.0 Å². The molecule has 0 amide bonds. The summed E-state index contributed by atoms with van der Waals surface area (Å²) in [6.45, 7) is 2.37. The van der Waals surface area contributed by atoms with Crippen LogP contribution in [-0.2, 0) is 12.7 Å². The molecule has 2 aromatic heterocycles. The molecular formula is C12H12F3N3S. The van der Waals surface area contributed by atoms with Gasteiger partial charge in [0, 0.05) is 6.54 Å². The average Bonchev–Trinajstić information content (AvgIpc) is 2.70. The first-order chi connectivity index (χ1) is 8.86. The Morgan fingerprint density at radius 3 is 2.63 bits per heavy atom. The third kappa shape index (κ3) is 3.37. The predicted octanol–water partition coefficient (Wildman–Crippen LogP) is 3.66. The summed E-state index contributed by atoms with van der Waals surface area (Å²) < 4.78 is 37.8. The molecule has 0 aliphatic carbocycles. The second-order valence-corrected chi connectivity index (χ2v) is 4.84. The number of alkyl halides is 3. The zero-order valence-electron chi connectivity index (χ0n) is 10.1. The Kier molecular flexibility index (Phi) is 3.66. The Labute approximate surface area is 112 Å². The molecule has 0 saturated carbocycles. The highest BCUT2D eigenvalue weighted by Gasteiger charge is 2.31. The van der Waals surface area contributed by atoms with E-state index >= 15 is 0 Å². The first kappa shape index (κ1) is 13.7. The SMILES string of the molecule is Cc1cscc1CNc1cc(C(F)(F)F)cc(N)n1. The minimum atomic E-state index is -4.42. The molecule has 0 fully saturated rings. The number of thiophene rings is 1. The number of nitrogens with one attached hydrogen (secondary N) is 1. The monoisotopic (exact) mass is 287 g/mol. The minimum Gasteiger partial charge on any atom is -0.384 e. The molecular weight excluding hydrogens is 275 g/mol. The summed E-state index contributed by atoms with van der Waals surface area (Å²) in [6, 6.07) is 1.78. The van der Waals surface area contributed by atoms with Crippen LogP contribution in [0.2, 0.25) is 0 Å². The van der Waals surface area contributed by atoms with E-state index in [1.165, 1.54) is 0 Å². The molecule has 0 radical (unpaired) electrons. The Morgan fingerprint density at radius 1 is 1.32 bits per heavy atom. The lowest BCUT2D eigenvalue weighted by Crippen LogP contribution is -2.09. The van der Waals surface area contributed by atoms with Crippen LogP contribution in [0.4, 0.5) is 24.8 Å². The van der Waals surface area contributed by atoms with Crippen LogP contribution in [0.3, 0.4) is 0 Å². The molecule has 7 heteroatoms. The number of nitrogens with zero attached hydrogens (tertiary/aromatic N) is 1. The summed E-state index contributed by atoms with van der Waals surface area (Å²) in [4.78, 5) is 3.85. The maximum absolute atomic E-state index is 12.6. The van der Waals surface area contributed by atoms with Crippen LogP contribution < -0.4 is 11.1 Å². The van der Waals surface area contributed by atoms with E-state index in [-0.39, 0.29) is 11.6 Å². The average molecular weight is 287 g/mol. The first-order valence-corrected chi connectivity index (χ1v) is 6.41. The van der Waals surface area contributed by atoms with Gasteiger partial charge < -0.3 is 11.1 Å². The van der Waals surface area contributed by atoms with E-state index < -0.39 is 11.7 Å². The van der Waals surface area contributed by atoms with Gasteiger partial charge in [-0.15, -0.1) is 0 Å². The van der Waals surface area contributed by atoms with Gasteiger partial charge in [0.15, 0.2) is 0 Å². The highest BCUT2D eigenvalue weighted by atomic mass is 32.1. The van der Waals surface area contributed by atoms with Crippen molar-refractivity contribution in [2.75, 3.05) is 11.1 Å². The quantitative estimate of drug-likeness (QED) is 0.905. The molecule has 0 spiro atoms. The van der Waals surface area contributed by atoms with Gasteiger partial charge in [-0.3, -0.25) is 0 Å². The number of nitrogen functional groups attached to an aromatic ring is 1. The summed E-state index contributed by atoms with van der Waals surface area (Å²) >= 11 is 1.55. The molecule has 0 aliphatic rings. The van der Waals surface area contributed by atoms with Crippen LogP contribution in [0.25, 0.3) is 0 Å². The van der Waals surface area contributed by atoms with Gasteiger partial charge in [-0.05, 0) is 40.9 Å². The van der Waals surface area contributed by atoms with Crippen molar-refractivity contribution in [1.82, 2.24) is 4.98 Å². The van der Waals surface area contributed by atoms with Gasteiger partial charge in [-0.25, -0.2) is 4.98 Å². The second-order valence-electron chi connectivity index (χ2n) is 4.10. The molecule has 3 nitrogen and oxygen atoms in total. The third-order valence-electron chi connectivity index (χ3n) is 2.59. The fraction of sp³-hybridized carbons (Fsp3) is 0.250. The number of rotatable bonds is 3. The number of hydrogen-bond donors (Lipinski definition) is 2. The zero-order chi connectivity index (χ0) is 14.0. The Hall–Kier alpha value is -1.76. The standard InChI is InChI=1S/C12H12F3N3S/c1-7-5-19-6-8(7)4-17-11-3-9(12(13,14)15)2-10(16)18-11/h2-3,5-6H,4H2,1H3,(H3,16,17,18). The van der Waals surface area contributed by atoms with Crippen LogP contribution >= 0.6 is 11.3 Å². The molecule has 2 rings (SSSR count). The molecule has 0 aromatic carbocycles. The second kappa shape index (κ2) is 5.08. The van der Waals surface area contributed by atoms with Crippen molar-refractivity contribution in [3.8, 4) is 0 Å². The molecule has 2 aromatic rings. The maximum Gasteiger partial charge on any atom is 0.416 e. The summed E-state index contributed by atoms with van der Waals surface area (Å²) in [5.74, 6) is -0.0303. The normalized spacial score (nSPS) is 11.6. The number of halogens is 3. The molecule has 0 aliphatic heterocycles. The summed E-state index contributed by atoms with van der Waals surface area (Å²) in [5.41, 5.74) is 6.71. The number of aromatic nitrogens is 1. The lowest BCUT2D eigenvalue weighted by atomic mass is 10.2. The van der Waals surface area contributed by atoms with Crippen molar-refractivity contribution in [3.63, 3.8) is 0 Å². The van der Waals surface area contributed by atoms with E-state index in [9.17, 15) is 13.2 Å². The first-order valence-electron chi connectivity index (χ1n) is 5.46. The lowest BCUT2D eigenvalue weighted by Gasteiger charge is -2.11. The molecule has 2 heterocycles. The number of pyridine rings is 1. The Morgan fingerprint density at radius 2 is 2.05 bits per heavy atom. The van der Waals surface area contributed by atoms with Crippen LogP contribution in [0.5, 0.6) is 0 Å². The highest BCUT2D eigenvalue weighted by molar-refractivity contribution is 7.08. The van der Waals surface area contributed by atoms with E-state index in [1.54, 1.807) is 11.3 Å². The molecule has 0 bridgehead atoms. The molecule has 102 valence electrons. The van der Waals surface area contributed by atoms with Gasteiger partial charge in [0.05, 0.1) is 5.56 Å². The number of anilines is 2. The van der Waals surface area contributed by atoms with Crippen LogP contribution in [0, 0.1) is 6.92 Å². The zero-order valence-corrected chi connectivity index (χ0v) is 10.9. The van der Waals surface area contributed by atoms with Gasteiger partial charge in [0.25, 0.3) is 0 Å². The van der Waals surface area contributed by atoms with E-state index in [4.69, 9.17) is 5.73 Å². The highest BCUT2D eigenvalue weighted by Crippen LogP contribution is 2.31. The molecule has 3 N–H and O–H groups in total. The Balaban J connectivity index is 2.17. The van der Waals surface area contributed by atoms with Gasteiger partial charge in [-0.2, -0.15) is 24.5 Å². The van der Waals surface area contributed by atoms with E-state index in [2.05, 4.69) is 10.3 Å². The maximum atomic E-state index is 12.6. The van der Waals surface area contributed by atoms with E-state index in [1.807, 2.05) is 17.7 Å². The topological polar surface area (TPSA) is 50.9 Å². The Bertz CT molecular complexity index is 578. The van der Waals surface area contributed by atoms with Crippen molar-refractivity contribution in [1.29, 1.82) is 0 Å². The molecule has 0 atom stereocenters. The number of nitrogens with two attached hydrogens (primary N) is 1. The van der Waals surface area contributed by atoms with Crippen LogP contribution in [0.1, 0.15) is 16.7 Å². The third-order valence-corrected chi connectivity index (χ3v) is 3.50. The van der Waals surface area contributed by atoms with Crippen molar-refractivity contribution in [2.24, 2.45) is 0 Å².